The van der Waals surface area contributed by atoms with Crippen LogP contribution in [0.25, 0.3) is 0 Å². The molecule has 0 radical (unpaired) electrons. The molecule has 2 N–H and O–H groups in total. The van der Waals surface area contributed by atoms with Gasteiger partial charge in [-0.05, 0) is 42.6 Å². The van der Waals surface area contributed by atoms with E-state index in [1.807, 2.05) is 36.4 Å². The van der Waals surface area contributed by atoms with Crippen molar-refractivity contribution in [1.82, 2.24) is 10.6 Å². The van der Waals surface area contributed by atoms with Crippen molar-refractivity contribution < 1.29 is 14.3 Å². The molecule has 0 saturated carbocycles. The number of methoxy groups -OCH3 is 2. The Bertz CT molecular complexity index is 733. The van der Waals surface area contributed by atoms with Crippen LogP contribution in [0.3, 0.4) is 0 Å². The summed E-state index contributed by atoms with van der Waals surface area (Å²) < 4.78 is 10.7. The molecule has 1 saturated heterocycles. The van der Waals surface area contributed by atoms with Crippen LogP contribution in [-0.4, -0.2) is 33.2 Å². The Morgan fingerprint density at radius 2 is 1.89 bits per heavy atom. The van der Waals surface area contributed by atoms with Gasteiger partial charge in [0.15, 0.2) is 11.5 Å². The van der Waals surface area contributed by atoms with Gasteiger partial charge in [0, 0.05) is 6.54 Å². The van der Waals surface area contributed by atoms with E-state index >= 15 is 0 Å². The maximum Gasteiger partial charge on any atom is 0.224 e. The van der Waals surface area contributed by atoms with Crippen LogP contribution in [0.15, 0.2) is 48.5 Å². The Morgan fingerprint density at radius 1 is 1.15 bits per heavy atom. The lowest BCUT2D eigenvalue weighted by molar-refractivity contribution is -0.125. The molecule has 27 heavy (non-hydrogen) atoms. The fourth-order valence-electron chi connectivity index (χ4n) is 3.35. The highest BCUT2D eigenvalue weighted by Crippen LogP contribution is 2.29. The first kappa shape index (κ1) is 21.1. The molecule has 1 aliphatic heterocycles. The summed E-state index contributed by atoms with van der Waals surface area (Å²) in [5, 5.41) is 6.49. The number of nitrogens with one attached hydrogen (secondary N) is 2. The van der Waals surface area contributed by atoms with Gasteiger partial charge >= 0.3 is 0 Å². The topological polar surface area (TPSA) is 59.6 Å². The summed E-state index contributed by atoms with van der Waals surface area (Å²) in [4.78, 5) is 12.6. The molecule has 0 aromatic heterocycles. The van der Waals surface area contributed by atoms with Crippen LogP contribution in [0.2, 0.25) is 0 Å². The predicted octanol–water partition coefficient (Wildman–Crippen LogP) is 3.14. The summed E-state index contributed by atoms with van der Waals surface area (Å²) in [7, 11) is 3.26. The Morgan fingerprint density at radius 3 is 2.52 bits per heavy atom. The van der Waals surface area contributed by atoms with Crippen LogP contribution < -0.4 is 20.1 Å². The van der Waals surface area contributed by atoms with Crippen LogP contribution in [0.4, 0.5) is 0 Å². The Balaban J connectivity index is 0.00000261. The number of ether oxygens (including phenoxy) is 2. The lowest BCUT2D eigenvalue weighted by atomic mass is 9.97. The van der Waals surface area contributed by atoms with E-state index < -0.39 is 0 Å². The molecule has 5 nitrogen and oxygen atoms in total. The maximum absolute atomic E-state index is 12.6. The summed E-state index contributed by atoms with van der Waals surface area (Å²) >= 11 is 0. The number of hydrogen-bond acceptors (Lipinski definition) is 4. The van der Waals surface area contributed by atoms with Crippen molar-refractivity contribution in [3.8, 4) is 11.5 Å². The number of amides is 1. The smallest absolute Gasteiger partial charge is 0.224 e. The summed E-state index contributed by atoms with van der Waals surface area (Å²) in [5.41, 5.74) is 2.18. The maximum atomic E-state index is 12.6. The first-order valence-electron chi connectivity index (χ1n) is 8.98. The third kappa shape index (κ3) is 5.37. The van der Waals surface area contributed by atoms with E-state index in [0.29, 0.717) is 17.9 Å². The van der Waals surface area contributed by atoms with E-state index in [4.69, 9.17) is 9.47 Å². The quantitative estimate of drug-likeness (QED) is 0.762. The lowest BCUT2D eigenvalue weighted by Gasteiger charge is -2.22. The van der Waals surface area contributed by atoms with E-state index in [0.717, 1.165) is 30.6 Å². The second-order valence-electron chi connectivity index (χ2n) is 6.56. The molecule has 2 unspecified atom stereocenters. The lowest BCUT2D eigenvalue weighted by Crippen LogP contribution is -2.35. The summed E-state index contributed by atoms with van der Waals surface area (Å²) in [6.07, 6.45) is 1.58. The van der Waals surface area contributed by atoms with Gasteiger partial charge in [0.1, 0.15) is 0 Å². The van der Waals surface area contributed by atoms with Crippen molar-refractivity contribution in [3.05, 3.63) is 59.7 Å². The third-order valence-electron chi connectivity index (χ3n) is 4.84. The van der Waals surface area contributed by atoms with Crippen LogP contribution >= 0.6 is 12.4 Å². The van der Waals surface area contributed by atoms with Crippen LogP contribution in [0.1, 0.15) is 23.6 Å². The first-order chi connectivity index (χ1) is 12.7. The molecule has 2 atom stereocenters. The van der Waals surface area contributed by atoms with Gasteiger partial charge in [0.2, 0.25) is 5.91 Å². The zero-order chi connectivity index (χ0) is 18.4. The van der Waals surface area contributed by atoms with Gasteiger partial charge in [-0.15, -0.1) is 12.4 Å². The molecule has 2 aromatic carbocycles. The number of halogens is 1. The van der Waals surface area contributed by atoms with E-state index in [9.17, 15) is 4.79 Å². The number of carbonyl (C=O) groups is 1. The molecule has 0 bridgehead atoms. The summed E-state index contributed by atoms with van der Waals surface area (Å²) in [6, 6.07) is 15.9. The third-order valence-corrected chi connectivity index (χ3v) is 4.84. The van der Waals surface area contributed by atoms with Crippen LogP contribution in [0, 0.1) is 5.92 Å². The largest absolute Gasteiger partial charge is 0.493 e. The second kappa shape index (κ2) is 10.2. The molecule has 2 aromatic rings. The molecule has 1 heterocycles. The van der Waals surface area contributed by atoms with Gasteiger partial charge in [-0.1, -0.05) is 36.4 Å². The average molecular weight is 391 g/mol. The monoisotopic (exact) mass is 390 g/mol. The minimum atomic E-state index is -0.0811. The van der Waals surface area contributed by atoms with Crippen molar-refractivity contribution >= 4 is 18.3 Å². The molecule has 1 fully saturated rings. The SMILES string of the molecule is COc1ccc(CC(NC(=O)C2CCNC2)c2ccccc2)cc1OC.Cl. The fourth-order valence-corrected chi connectivity index (χ4v) is 3.35. The normalized spacial score (nSPS) is 16.9. The van der Waals surface area contributed by atoms with Gasteiger partial charge in [0.25, 0.3) is 0 Å². The number of benzene rings is 2. The molecule has 1 amide bonds. The van der Waals surface area contributed by atoms with Gasteiger partial charge in [-0.2, -0.15) is 0 Å². The van der Waals surface area contributed by atoms with Gasteiger partial charge in [-0.3, -0.25) is 4.79 Å². The molecule has 146 valence electrons. The minimum absolute atomic E-state index is 0. The van der Waals surface area contributed by atoms with E-state index in [1.54, 1.807) is 14.2 Å². The van der Waals surface area contributed by atoms with Crippen molar-refractivity contribution in [3.63, 3.8) is 0 Å². The number of hydrogen-bond donors (Lipinski definition) is 2. The number of carbonyl (C=O) groups excluding carboxylic acids is 1. The van der Waals surface area contributed by atoms with Gasteiger partial charge < -0.3 is 20.1 Å². The van der Waals surface area contributed by atoms with E-state index in [-0.39, 0.29) is 30.3 Å². The number of rotatable bonds is 7. The second-order valence-corrected chi connectivity index (χ2v) is 6.56. The van der Waals surface area contributed by atoms with Crippen molar-refractivity contribution in [2.45, 2.75) is 18.9 Å². The summed E-state index contributed by atoms with van der Waals surface area (Å²) in [6.45, 7) is 1.66. The Labute approximate surface area is 166 Å². The van der Waals surface area contributed by atoms with Crippen LogP contribution in [-0.2, 0) is 11.2 Å². The van der Waals surface area contributed by atoms with Gasteiger partial charge in [0.05, 0.1) is 26.2 Å². The Hall–Kier alpha value is -2.24. The molecule has 0 aliphatic carbocycles. The molecule has 0 spiro atoms. The van der Waals surface area contributed by atoms with E-state index in [2.05, 4.69) is 22.8 Å². The standard InChI is InChI=1S/C21H26N2O3.ClH/c1-25-19-9-8-15(13-20(19)26-2)12-18(16-6-4-3-5-7-16)23-21(24)17-10-11-22-14-17;/h3-9,13,17-18,22H,10-12,14H2,1-2H3,(H,23,24);1H. The highest BCUT2D eigenvalue weighted by Gasteiger charge is 2.25. The highest BCUT2D eigenvalue weighted by atomic mass is 35.5. The molecule has 1 aliphatic rings. The molecule has 6 heteroatoms. The highest BCUT2D eigenvalue weighted by molar-refractivity contribution is 5.85. The summed E-state index contributed by atoms with van der Waals surface area (Å²) in [5.74, 6) is 1.56. The zero-order valence-electron chi connectivity index (χ0n) is 15.7. The van der Waals surface area contributed by atoms with Crippen LogP contribution in [0.5, 0.6) is 11.5 Å². The molecular formula is C21H27ClN2O3. The predicted molar refractivity (Wildman–Crippen MR) is 109 cm³/mol. The first-order valence-corrected chi connectivity index (χ1v) is 8.98. The van der Waals surface area contributed by atoms with Crippen molar-refractivity contribution in [2.24, 2.45) is 5.92 Å². The van der Waals surface area contributed by atoms with Gasteiger partial charge in [-0.25, -0.2) is 0 Å². The van der Waals surface area contributed by atoms with E-state index in [1.165, 1.54) is 0 Å². The molecule has 3 rings (SSSR count). The van der Waals surface area contributed by atoms with Crippen molar-refractivity contribution in [1.29, 1.82) is 0 Å². The zero-order valence-corrected chi connectivity index (χ0v) is 16.6. The van der Waals surface area contributed by atoms with Crippen molar-refractivity contribution in [2.75, 3.05) is 27.3 Å². The average Bonchev–Trinajstić information content (AvgIpc) is 3.23. The molecular weight excluding hydrogens is 364 g/mol. The minimum Gasteiger partial charge on any atom is -0.493 e. The fraction of sp³-hybridized carbons (Fsp3) is 0.381. The Kier molecular flexibility index (Phi) is 7.95.